The van der Waals surface area contributed by atoms with Crippen LogP contribution in [0.2, 0.25) is 0 Å². The van der Waals surface area contributed by atoms with Crippen molar-refractivity contribution >= 4 is 5.91 Å². The second-order valence-electron chi connectivity index (χ2n) is 4.84. The number of amides is 1. The average molecular weight is 248 g/mol. The third-order valence-electron chi connectivity index (χ3n) is 3.19. The van der Waals surface area contributed by atoms with Gasteiger partial charge < -0.3 is 15.4 Å². The summed E-state index contributed by atoms with van der Waals surface area (Å²) in [5.41, 5.74) is 7.03. The predicted octanol–water partition coefficient (Wildman–Crippen LogP) is 1.32. The standard InChI is InChI=1S/C14H20N2O2/c1-11-4-6-13(7-5-11)18-10-14(17)16-8-2-3-12(15)9-16/h4-7,12H,2-3,8-10,15H2,1H3/t12-/m1/s1. The van der Waals surface area contributed by atoms with E-state index in [9.17, 15) is 4.79 Å². The number of nitrogens with zero attached hydrogens (tertiary/aromatic N) is 1. The Bertz CT molecular complexity index is 403. The Morgan fingerprint density at radius 1 is 1.44 bits per heavy atom. The molecule has 0 radical (unpaired) electrons. The second kappa shape index (κ2) is 5.87. The van der Waals surface area contributed by atoms with E-state index in [0.717, 1.165) is 25.1 Å². The van der Waals surface area contributed by atoms with Gasteiger partial charge in [-0.05, 0) is 31.9 Å². The lowest BCUT2D eigenvalue weighted by atomic mass is 10.1. The summed E-state index contributed by atoms with van der Waals surface area (Å²) in [5, 5.41) is 0. The molecule has 1 aromatic rings. The summed E-state index contributed by atoms with van der Waals surface area (Å²) in [6.07, 6.45) is 1.99. The summed E-state index contributed by atoms with van der Waals surface area (Å²) in [6.45, 7) is 3.56. The van der Waals surface area contributed by atoms with Crippen LogP contribution in [0.5, 0.6) is 5.75 Å². The molecule has 0 aromatic heterocycles. The Labute approximate surface area is 108 Å². The summed E-state index contributed by atoms with van der Waals surface area (Å²) in [6, 6.07) is 7.81. The molecule has 2 rings (SSSR count). The molecule has 98 valence electrons. The fraction of sp³-hybridized carbons (Fsp3) is 0.500. The van der Waals surface area contributed by atoms with Crippen LogP contribution in [0.3, 0.4) is 0 Å². The van der Waals surface area contributed by atoms with Gasteiger partial charge in [0.1, 0.15) is 5.75 Å². The van der Waals surface area contributed by atoms with E-state index in [4.69, 9.17) is 10.5 Å². The van der Waals surface area contributed by atoms with Gasteiger partial charge in [-0.1, -0.05) is 17.7 Å². The van der Waals surface area contributed by atoms with Gasteiger partial charge in [0, 0.05) is 19.1 Å². The Hall–Kier alpha value is -1.55. The summed E-state index contributed by atoms with van der Waals surface area (Å²) < 4.78 is 5.48. The first-order valence-corrected chi connectivity index (χ1v) is 6.38. The average Bonchev–Trinajstić information content (AvgIpc) is 2.38. The molecule has 1 aromatic carbocycles. The highest BCUT2D eigenvalue weighted by Gasteiger charge is 2.21. The molecule has 18 heavy (non-hydrogen) atoms. The van der Waals surface area contributed by atoms with Gasteiger partial charge in [0.2, 0.25) is 0 Å². The van der Waals surface area contributed by atoms with Gasteiger partial charge >= 0.3 is 0 Å². The van der Waals surface area contributed by atoms with Crippen LogP contribution < -0.4 is 10.5 Å². The van der Waals surface area contributed by atoms with E-state index in [1.165, 1.54) is 5.56 Å². The Kier molecular flexibility index (Phi) is 4.20. The number of hydrogen-bond donors (Lipinski definition) is 1. The lowest BCUT2D eigenvalue weighted by Gasteiger charge is -2.30. The molecule has 0 aliphatic carbocycles. The molecule has 1 saturated heterocycles. The molecule has 1 amide bonds. The molecule has 4 heteroatoms. The highest BCUT2D eigenvalue weighted by atomic mass is 16.5. The predicted molar refractivity (Wildman–Crippen MR) is 70.5 cm³/mol. The maximum atomic E-state index is 11.9. The first-order chi connectivity index (χ1) is 8.65. The van der Waals surface area contributed by atoms with E-state index in [-0.39, 0.29) is 18.6 Å². The third-order valence-corrected chi connectivity index (χ3v) is 3.19. The van der Waals surface area contributed by atoms with Gasteiger partial charge in [-0.25, -0.2) is 0 Å². The number of ether oxygens (including phenoxy) is 1. The first kappa shape index (κ1) is 12.9. The minimum absolute atomic E-state index is 0.0192. The number of likely N-dealkylation sites (tertiary alicyclic amines) is 1. The minimum Gasteiger partial charge on any atom is -0.484 e. The molecule has 0 bridgehead atoms. The molecule has 2 N–H and O–H groups in total. The molecule has 4 nitrogen and oxygen atoms in total. The molecular formula is C14H20N2O2. The SMILES string of the molecule is Cc1ccc(OCC(=O)N2CCC[C@@H](N)C2)cc1. The number of carbonyl (C=O) groups is 1. The zero-order chi connectivity index (χ0) is 13.0. The van der Waals surface area contributed by atoms with Gasteiger partial charge in [-0.3, -0.25) is 4.79 Å². The number of piperidine rings is 1. The van der Waals surface area contributed by atoms with Crippen molar-refractivity contribution in [3.8, 4) is 5.75 Å². The van der Waals surface area contributed by atoms with E-state index in [1.807, 2.05) is 31.2 Å². The normalized spacial score (nSPS) is 19.7. The van der Waals surface area contributed by atoms with Crippen molar-refractivity contribution in [2.75, 3.05) is 19.7 Å². The highest BCUT2D eigenvalue weighted by molar-refractivity contribution is 5.77. The van der Waals surface area contributed by atoms with Gasteiger partial charge in [0.15, 0.2) is 6.61 Å². The van der Waals surface area contributed by atoms with Crippen LogP contribution in [-0.4, -0.2) is 36.5 Å². The van der Waals surface area contributed by atoms with E-state index in [0.29, 0.717) is 6.54 Å². The second-order valence-corrected chi connectivity index (χ2v) is 4.84. The molecule has 0 spiro atoms. The number of rotatable bonds is 3. The number of nitrogens with two attached hydrogens (primary N) is 1. The number of carbonyl (C=O) groups excluding carboxylic acids is 1. The van der Waals surface area contributed by atoms with Crippen LogP contribution in [0, 0.1) is 6.92 Å². The van der Waals surface area contributed by atoms with Crippen molar-refractivity contribution in [1.29, 1.82) is 0 Å². The third kappa shape index (κ3) is 3.47. The monoisotopic (exact) mass is 248 g/mol. The van der Waals surface area contributed by atoms with E-state index in [1.54, 1.807) is 4.90 Å². The largest absolute Gasteiger partial charge is 0.484 e. The summed E-state index contributed by atoms with van der Waals surface area (Å²) in [4.78, 5) is 13.7. The number of benzene rings is 1. The zero-order valence-electron chi connectivity index (χ0n) is 10.8. The lowest BCUT2D eigenvalue weighted by Crippen LogP contribution is -2.47. The molecule has 1 fully saturated rings. The molecule has 0 saturated carbocycles. The fourth-order valence-electron chi connectivity index (χ4n) is 2.11. The molecule has 1 atom stereocenters. The van der Waals surface area contributed by atoms with Crippen molar-refractivity contribution in [2.24, 2.45) is 5.73 Å². The van der Waals surface area contributed by atoms with E-state index in [2.05, 4.69) is 0 Å². The number of hydrogen-bond acceptors (Lipinski definition) is 3. The van der Waals surface area contributed by atoms with Gasteiger partial charge in [-0.2, -0.15) is 0 Å². The van der Waals surface area contributed by atoms with Crippen LogP contribution >= 0.6 is 0 Å². The van der Waals surface area contributed by atoms with Crippen LogP contribution in [0.4, 0.5) is 0 Å². The molecule has 1 heterocycles. The summed E-state index contributed by atoms with van der Waals surface area (Å²) in [5.74, 6) is 0.751. The lowest BCUT2D eigenvalue weighted by molar-refractivity contribution is -0.134. The maximum absolute atomic E-state index is 11.9. The molecule has 1 aliphatic rings. The van der Waals surface area contributed by atoms with Crippen LogP contribution in [-0.2, 0) is 4.79 Å². The maximum Gasteiger partial charge on any atom is 0.260 e. The van der Waals surface area contributed by atoms with Crippen LogP contribution in [0.25, 0.3) is 0 Å². The van der Waals surface area contributed by atoms with Crippen molar-refractivity contribution in [3.05, 3.63) is 29.8 Å². The Balaban J connectivity index is 1.82. The van der Waals surface area contributed by atoms with E-state index < -0.39 is 0 Å². The molecule has 0 unspecified atom stereocenters. The van der Waals surface area contributed by atoms with Gasteiger partial charge in [0.25, 0.3) is 5.91 Å². The summed E-state index contributed by atoms with van der Waals surface area (Å²) in [7, 11) is 0. The Morgan fingerprint density at radius 2 is 2.17 bits per heavy atom. The van der Waals surface area contributed by atoms with Crippen molar-refractivity contribution in [2.45, 2.75) is 25.8 Å². The van der Waals surface area contributed by atoms with Crippen molar-refractivity contribution in [1.82, 2.24) is 4.90 Å². The first-order valence-electron chi connectivity index (χ1n) is 6.38. The minimum atomic E-state index is 0.0192. The Morgan fingerprint density at radius 3 is 2.83 bits per heavy atom. The van der Waals surface area contributed by atoms with Crippen LogP contribution in [0.15, 0.2) is 24.3 Å². The van der Waals surface area contributed by atoms with Crippen molar-refractivity contribution in [3.63, 3.8) is 0 Å². The molecule has 1 aliphatic heterocycles. The van der Waals surface area contributed by atoms with Gasteiger partial charge in [0.05, 0.1) is 0 Å². The quantitative estimate of drug-likeness (QED) is 0.877. The fourth-order valence-corrected chi connectivity index (χ4v) is 2.11. The molecular weight excluding hydrogens is 228 g/mol. The number of aryl methyl sites for hydroxylation is 1. The van der Waals surface area contributed by atoms with Gasteiger partial charge in [-0.15, -0.1) is 0 Å². The van der Waals surface area contributed by atoms with Crippen molar-refractivity contribution < 1.29 is 9.53 Å². The van der Waals surface area contributed by atoms with E-state index >= 15 is 0 Å². The summed E-state index contributed by atoms with van der Waals surface area (Å²) >= 11 is 0. The topological polar surface area (TPSA) is 55.6 Å². The smallest absolute Gasteiger partial charge is 0.260 e. The highest BCUT2D eigenvalue weighted by Crippen LogP contribution is 2.12. The zero-order valence-corrected chi connectivity index (χ0v) is 10.8. The van der Waals surface area contributed by atoms with Crippen LogP contribution in [0.1, 0.15) is 18.4 Å².